The van der Waals surface area contributed by atoms with Gasteiger partial charge in [-0.25, -0.2) is 0 Å². The van der Waals surface area contributed by atoms with E-state index in [1.807, 2.05) is 12.1 Å². The van der Waals surface area contributed by atoms with Crippen LogP contribution in [0.5, 0.6) is 0 Å². The van der Waals surface area contributed by atoms with E-state index in [9.17, 15) is 0 Å². The van der Waals surface area contributed by atoms with E-state index in [-0.39, 0.29) is 0 Å². The van der Waals surface area contributed by atoms with E-state index < -0.39 is 8.80 Å². The lowest BCUT2D eigenvalue weighted by molar-refractivity contribution is 1.71. The maximum absolute atomic E-state index is 6.44. The molecule has 0 saturated heterocycles. The van der Waals surface area contributed by atoms with Crippen molar-refractivity contribution in [3.05, 3.63) is 90.0 Å². The Morgan fingerprint density at radius 1 is 0.550 bits per heavy atom. The summed E-state index contributed by atoms with van der Waals surface area (Å²) < 4.78 is 0. The Labute approximate surface area is 126 Å². The first kappa shape index (κ1) is 13.2. The molecule has 0 aromatic heterocycles. The second kappa shape index (κ2) is 6.08. The summed E-state index contributed by atoms with van der Waals surface area (Å²) in [5.41, 5.74) is 0. The van der Waals surface area contributed by atoms with Crippen molar-refractivity contribution in [2.45, 2.75) is 0 Å². The van der Waals surface area contributed by atoms with E-state index in [2.05, 4.69) is 72.8 Å². The Kier molecular flexibility index (Phi) is 4.00. The summed E-state index contributed by atoms with van der Waals surface area (Å²) in [7, 11) is -1.04. The maximum atomic E-state index is 6.44. The second-order valence-corrected chi connectivity index (χ2v) is 7.44. The predicted octanol–water partition coefficient (Wildman–Crippen LogP) is 2.86. The minimum atomic E-state index is -1.04. The van der Waals surface area contributed by atoms with E-state index >= 15 is 0 Å². The molecular formula is C18H14ClSi. The first-order valence-electron chi connectivity index (χ1n) is 6.59. The van der Waals surface area contributed by atoms with E-state index in [0.717, 1.165) is 5.02 Å². The lowest BCUT2D eigenvalue weighted by atomic mass is 10.3. The molecule has 0 unspecified atom stereocenters. The van der Waals surface area contributed by atoms with Gasteiger partial charge in [-0.05, 0) is 11.3 Å². The number of hydrogen-bond donors (Lipinski definition) is 0. The minimum absolute atomic E-state index is 0.856. The third kappa shape index (κ3) is 2.69. The molecule has 3 rings (SSSR count). The van der Waals surface area contributed by atoms with E-state index in [4.69, 9.17) is 11.6 Å². The Balaban J connectivity index is 2.17. The third-order valence-corrected chi connectivity index (χ3v) is 6.55. The summed E-state index contributed by atoms with van der Waals surface area (Å²) in [6.07, 6.45) is 0. The third-order valence-electron chi connectivity index (χ3n) is 3.27. The van der Waals surface area contributed by atoms with Gasteiger partial charge in [-0.3, -0.25) is 0 Å². The summed E-state index contributed by atoms with van der Waals surface area (Å²) in [5.74, 6) is 0. The van der Waals surface area contributed by atoms with Crippen molar-refractivity contribution in [3.8, 4) is 0 Å². The highest BCUT2D eigenvalue weighted by Crippen LogP contribution is 2.06. The van der Waals surface area contributed by atoms with Gasteiger partial charge >= 0.3 is 0 Å². The van der Waals surface area contributed by atoms with Crippen molar-refractivity contribution in [2.24, 2.45) is 0 Å². The van der Waals surface area contributed by atoms with Crippen LogP contribution in [0, 0.1) is 0 Å². The molecule has 0 aliphatic rings. The molecule has 0 saturated carbocycles. The van der Waals surface area contributed by atoms with Crippen molar-refractivity contribution >= 4 is 36.0 Å². The minimum Gasteiger partial charge on any atom is -0.0845 e. The molecule has 20 heavy (non-hydrogen) atoms. The van der Waals surface area contributed by atoms with Crippen molar-refractivity contribution in [1.82, 2.24) is 0 Å². The Morgan fingerprint density at radius 2 is 1.00 bits per heavy atom. The monoisotopic (exact) mass is 293 g/mol. The highest BCUT2D eigenvalue weighted by molar-refractivity contribution is 6.96. The molecule has 0 nitrogen and oxygen atoms in total. The molecule has 0 bridgehead atoms. The molecule has 3 aromatic rings. The van der Waals surface area contributed by atoms with Gasteiger partial charge in [0.05, 0.1) is 0 Å². The van der Waals surface area contributed by atoms with Crippen LogP contribution in [-0.4, -0.2) is 8.80 Å². The van der Waals surface area contributed by atoms with Gasteiger partial charge in [0.15, 0.2) is 8.80 Å². The van der Waals surface area contributed by atoms with Crippen molar-refractivity contribution in [3.63, 3.8) is 0 Å². The Morgan fingerprint density at radius 3 is 1.50 bits per heavy atom. The average molecular weight is 294 g/mol. The Bertz CT molecular complexity index is 641. The molecule has 0 amide bonds. The fourth-order valence-electron chi connectivity index (χ4n) is 2.35. The quantitative estimate of drug-likeness (QED) is 0.515. The van der Waals surface area contributed by atoms with Gasteiger partial charge in [0.2, 0.25) is 0 Å². The predicted molar refractivity (Wildman–Crippen MR) is 89.0 cm³/mol. The summed E-state index contributed by atoms with van der Waals surface area (Å²) in [6.45, 7) is 0. The van der Waals surface area contributed by atoms with Crippen LogP contribution in [0.4, 0.5) is 0 Å². The Hall–Kier alpha value is -1.83. The fraction of sp³-hybridized carbons (Fsp3) is 0. The number of hydrogen-bond acceptors (Lipinski definition) is 0. The van der Waals surface area contributed by atoms with Crippen molar-refractivity contribution in [1.29, 1.82) is 0 Å². The molecule has 0 N–H and O–H groups in total. The molecule has 0 atom stereocenters. The van der Waals surface area contributed by atoms with Gasteiger partial charge < -0.3 is 0 Å². The summed E-state index contributed by atoms with van der Waals surface area (Å²) >= 11 is 6.44. The lowest BCUT2D eigenvalue weighted by Crippen LogP contribution is -2.52. The van der Waals surface area contributed by atoms with Crippen LogP contribution in [-0.2, 0) is 0 Å². The van der Waals surface area contributed by atoms with E-state index in [0.29, 0.717) is 0 Å². The average Bonchev–Trinajstić information content (AvgIpc) is 2.52. The topological polar surface area (TPSA) is 0 Å². The number of rotatable bonds is 3. The van der Waals surface area contributed by atoms with Crippen LogP contribution in [0.1, 0.15) is 0 Å². The van der Waals surface area contributed by atoms with Crippen LogP contribution in [0.15, 0.2) is 84.9 Å². The molecule has 2 heteroatoms. The number of halogens is 1. The molecule has 97 valence electrons. The zero-order chi connectivity index (χ0) is 13.8. The first-order valence-corrected chi connectivity index (χ1v) is 8.47. The van der Waals surface area contributed by atoms with Crippen molar-refractivity contribution in [2.75, 3.05) is 0 Å². The zero-order valence-corrected chi connectivity index (χ0v) is 12.7. The number of benzene rings is 3. The molecule has 0 spiro atoms. The SMILES string of the molecule is Clc1ccccc1[Si](c1ccccc1)c1ccccc1. The van der Waals surface area contributed by atoms with Gasteiger partial charge in [0.25, 0.3) is 0 Å². The molecule has 0 aliphatic heterocycles. The van der Waals surface area contributed by atoms with Gasteiger partial charge in [0.1, 0.15) is 0 Å². The second-order valence-electron chi connectivity index (χ2n) is 4.59. The van der Waals surface area contributed by atoms with E-state index in [1.54, 1.807) is 0 Å². The molecule has 0 heterocycles. The van der Waals surface area contributed by atoms with Crippen LogP contribution < -0.4 is 15.6 Å². The van der Waals surface area contributed by atoms with Gasteiger partial charge in [-0.2, -0.15) is 0 Å². The molecule has 1 radical (unpaired) electrons. The first-order chi connectivity index (χ1) is 9.86. The van der Waals surface area contributed by atoms with Gasteiger partial charge in [-0.15, -0.1) is 0 Å². The molecule has 0 fully saturated rings. The highest BCUT2D eigenvalue weighted by Gasteiger charge is 2.21. The highest BCUT2D eigenvalue weighted by atomic mass is 35.5. The summed E-state index contributed by atoms with van der Waals surface area (Å²) in [4.78, 5) is 0. The molecule has 3 aromatic carbocycles. The standard InChI is InChI=1S/C18H14ClSi/c19-17-13-7-8-14-18(17)20(15-9-3-1-4-10-15)16-11-5-2-6-12-16/h1-14H. The summed E-state index contributed by atoms with van der Waals surface area (Å²) in [5, 5.41) is 4.82. The molecular weight excluding hydrogens is 280 g/mol. The van der Waals surface area contributed by atoms with Gasteiger partial charge in [0, 0.05) is 5.02 Å². The van der Waals surface area contributed by atoms with Crippen LogP contribution >= 0.6 is 11.6 Å². The molecule has 0 aliphatic carbocycles. The van der Waals surface area contributed by atoms with Crippen LogP contribution in [0.25, 0.3) is 0 Å². The lowest BCUT2D eigenvalue weighted by Gasteiger charge is -2.17. The van der Waals surface area contributed by atoms with Gasteiger partial charge in [-0.1, -0.05) is 101 Å². The van der Waals surface area contributed by atoms with Crippen LogP contribution in [0.2, 0.25) is 5.02 Å². The smallest absolute Gasteiger partial charge is 0.0845 e. The van der Waals surface area contributed by atoms with Crippen molar-refractivity contribution < 1.29 is 0 Å². The summed E-state index contributed by atoms with van der Waals surface area (Å²) in [6, 6.07) is 29.5. The normalized spacial score (nSPS) is 10.7. The van der Waals surface area contributed by atoms with E-state index in [1.165, 1.54) is 15.6 Å². The van der Waals surface area contributed by atoms with Crippen LogP contribution in [0.3, 0.4) is 0 Å². The largest absolute Gasteiger partial charge is 0.156 e. The zero-order valence-electron chi connectivity index (χ0n) is 11.0. The fourth-order valence-corrected chi connectivity index (χ4v) is 5.36. The maximum Gasteiger partial charge on any atom is 0.156 e.